The molecule has 0 bridgehead atoms. The summed E-state index contributed by atoms with van der Waals surface area (Å²) >= 11 is 0. The van der Waals surface area contributed by atoms with Gasteiger partial charge in [0.25, 0.3) is 0 Å². The number of hydrogen-bond donors (Lipinski definition) is 1. The zero-order chi connectivity index (χ0) is 16.2. The van der Waals surface area contributed by atoms with E-state index in [9.17, 15) is 9.90 Å². The molecule has 0 spiro atoms. The molecule has 0 unspecified atom stereocenters. The molecule has 1 N–H and O–H groups in total. The SMILES string of the molecule is CCOc1ccccc1N=Nc1c(C(=O)O)nc2ccccn12. The Morgan fingerprint density at radius 3 is 2.78 bits per heavy atom. The largest absolute Gasteiger partial charge is 0.492 e. The second-order valence-corrected chi connectivity index (χ2v) is 4.62. The highest BCUT2D eigenvalue weighted by Gasteiger charge is 2.18. The summed E-state index contributed by atoms with van der Waals surface area (Å²) in [5.41, 5.74) is 0.877. The van der Waals surface area contributed by atoms with Crippen molar-refractivity contribution >= 4 is 23.1 Å². The van der Waals surface area contributed by atoms with Crippen LogP contribution in [-0.4, -0.2) is 27.1 Å². The Bertz CT molecular complexity index is 886. The van der Waals surface area contributed by atoms with E-state index in [0.717, 1.165) is 0 Å². The smallest absolute Gasteiger partial charge is 0.358 e. The Morgan fingerprint density at radius 2 is 2.00 bits per heavy atom. The summed E-state index contributed by atoms with van der Waals surface area (Å²) < 4.78 is 7.06. The summed E-state index contributed by atoms with van der Waals surface area (Å²) in [6.45, 7) is 2.38. The van der Waals surface area contributed by atoms with Crippen LogP contribution in [0.25, 0.3) is 5.65 Å². The standard InChI is InChI=1S/C16H14N4O3/c1-2-23-12-8-4-3-7-11(12)18-19-15-14(16(21)22)17-13-9-5-6-10-20(13)15/h3-10H,2H2,1H3,(H,21,22). The van der Waals surface area contributed by atoms with E-state index in [1.165, 1.54) is 0 Å². The van der Waals surface area contributed by atoms with Gasteiger partial charge in [0.1, 0.15) is 17.1 Å². The second kappa shape index (κ2) is 6.27. The molecule has 0 saturated heterocycles. The molecule has 3 aromatic rings. The quantitative estimate of drug-likeness (QED) is 0.725. The third-order valence-electron chi connectivity index (χ3n) is 3.12. The lowest BCUT2D eigenvalue weighted by molar-refractivity contribution is 0.0692. The fraction of sp³-hybridized carbons (Fsp3) is 0.125. The number of benzene rings is 1. The number of aromatic carboxylic acids is 1. The van der Waals surface area contributed by atoms with Gasteiger partial charge in [-0.2, -0.15) is 0 Å². The van der Waals surface area contributed by atoms with Crippen LogP contribution in [-0.2, 0) is 0 Å². The van der Waals surface area contributed by atoms with E-state index in [1.54, 1.807) is 40.9 Å². The number of pyridine rings is 1. The summed E-state index contributed by atoms with van der Waals surface area (Å²) in [6, 6.07) is 12.4. The molecule has 7 nitrogen and oxygen atoms in total. The lowest BCUT2D eigenvalue weighted by atomic mass is 10.3. The highest BCUT2D eigenvalue weighted by atomic mass is 16.5. The van der Waals surface area contributed by atoms with Crippen LogP contribution in [0.15, 0.2) is 58.9 Å². The van der Waals surface area contributed by atoms with Crippen LogP contribution < -0.4 is 4.74 Å². The maximum absolute atomic E-state index is 11.4. The van der Waals surface area contributed by atoms with Crippen molar-refractivity contribution in [2.75, 3.05) is 6.61 Å². The summed E-state index contributed by atoms with van der Waals surface area (Å²) in [5.74, 6) is -0.399. The van der Waals surface area contributed by atoms with E-state index in [4.69, 9.17) is 4.74 Å². The molecule has 0 saturated carbocycles. The molecular weight excluding hydrogens is 296 g/mol. The molecule has 0 amide bonds. The molecule has 1 aromatic carbocycles. The minimum absolute atomic E-state index is 0.145. The number of nitrogens with zero attached hydrogens (tertiary/aromatic N) is 4. The Morgan fingerprint density at radius 1 is 1.22 bits per heavy atom. The molecule has 0 atom stereocenters. The Labute approximate surface area is 131 Å². The Kier molecular flexibility index (Phi) is 4.01. The third-order valence-corrected chi connectivity index (χ3v) is 3.12. The van der Waals surface area contributed by atoms with Crippen LogP contribution >= 0.6 is 0 Å². The van der Waals surface area contributed by atoms with Crippen LogP contribution in [0.4, 0.5) is 11.5 Å². The molecule has 3 rings (SSSR count). The van der Waals surface area contributed by atoms with Gasteiger partial charge in [-0.25, -0.2) is 9.78 Å². The van der Waals surface area contributed by atoms with Gasteiger partial charge in [0.15, 0.2) is 11.5 Å². The van der Waals surface area contributed by atoms with Crippen molar-refractivity contribution in [3.8, 4) is 5.75 Å². The zero-order valence-electron chi connectivity index (χ0n) is 12.4. The number of para-hydroxylation sites is 1. The van der Waals surface area contributed by atoms with Gasteiger partial charge in [-0.1, -0.05) is 18.2 Å². The maximum atomic E-state index is 11.4. The van der Waals surface area contributed by atoms with Gasteiger partial charge in [0, 0.05) is 6.20 Å². The van der Waals surface area contributed by atoms with E-state index < -0.39 is 5.97 Å². The molecule has 2 aromatic heterocycles. The van der Waals surface area contributed by atoms with Gasteiger partial charge in [0.2, 0.25) is 0 Å². The van der Waals surface area contributed by atoms with Crippen molar-refractivity contribution in [3.05, 3.63) is 54.4 Å². The van der Waals surface area contributed by atoms with Gasteiger partial charge < -0.3 is 9.84 Å². The number of carboxylic acids is 1. The fourth-order valence-electron chi connectivity index (χ4n) is 2.14. The molecule has 0 aliphatic heterocycles. The number of carbonyl (C=O) groups is 1. The highest BCUT2D eigenvalue weighted by Crippen LogP contribution is 2.30. The van der Waals surface area contributed by atoms with Gasteiger partial charge in [-0.15, -0.1) is 10.2 Å². The lowest BCUT2D eigenvalue weighted by Crippen LogP contribution is -1.96. The number of hydrogen-bond acceptors (Lipinski definition) is 5. The van der Waals surface area contributed by atoms with Crippen LogP contribution in [0.5, 0.6) is 5.75 Å². The van der Waals surface area contributed by atoms with Gasteiger partial charge in [0.05, 0.1) is 6.61 Å². The maximum Gasteiger partial charge on any atom is 0.358 e. The first-order chi connectivity index (χ1) is 11.2. The molecule has 23 heavy (non-hydrogen) atoms. The van der Waals surface area contributed by atoms with E-state index in [-0.39, 0.29) is 11.5 Å². The number of azo groups is 1. The lowest BCUT2D eigenvalue weighted by Gasteiger charge is -2.04. The minimum Gasteiger partial charge on any atom is -0.492 e. The third kappa shape index (κ3) is 2.89. The number of imidazole rings is 1. The van der Waals surface area contributed by atoms with Crippen LogP contribution in [0.1, 0.15) is 17.4 Å². The monoisotopic (exact) mass is 310 g/mol. The highest BCUT2D eigenvalue weighted by molar-refractivity contribution is 5.91. The molecule has 0 radical (unpaired) electrons. The van der Waals surface area contributed by atoms with Gasteiger partial charge in [-0.05, 0) is 31.2 Å². The first-order valence-electron chi connectivity index (χ1n) is 7.04. The molecular formula is C16H14N4O3. The number of aromatic nitrogens is 2. The second-order valence-electron chi connectivity index (χ2n) is 4.62. The Hall–Kier alpha value is -3.22. The summed E-state index contributed by atoms with van der Waals surface area (Å²) in [6.07, 6.45) is 1.69. The molecule has 116 valence electrons. The molecule has 0 aliphatic rings. The first kappa shape index (κ1) is 14.7. The van der Waals surface area contributed by atoms with Crippen molar-refractivity contribution in [3.63, 3.8) is 0 Å². The van der Waals surface area contributed by atoms with E-state index in [1.807, 2.05) is 19.1 Å². The van der Waals surface area contributed by atoms with Crippen molar-refractivity contribution in [2.24, 2.45) is 10.2 Å². The van der Waals surface area contributed by atoms with Crippen LogP contribution in [0.2, 0.25) is 0 Å². The fourth-order valence-corrected chi connectivity index (χ4v) is 2.14. The average Bonchev–Trinajstić information content (AvgIpc) is 2.93. The van der Waals surface area contributed by atoms with Crippen molar-refractivity contribution in [1.29, 1.82) is 0 Å². The predicted molar refractivity (Wildman–Crippen MR) is 83.9 cm³/mol. The molecule has 2 heterocycles. The Balaban J connectivity index is 2.08. The van der Waals surface area contributed by atoms with Crippen molar-refractivity contribution in [2.45, 2.75) is 6.92 Å². The molecule has 0 aliphatic carbocycles. The van der Waals surface area contributed by atoms with E-state index in [0.29, 0.717) is 23.7 Å². The van der Waals surface area contributed by atoms with Crippen molar-refractivity contribution in [1.82, 2.24) is 9.38 Å². The number of ether oxygens (including phenoxy) is 1. The normalized spacial score (nSPS) is 11.2. The number of carboxylic acid groups (broad SMARTS) is 1. The predicted octanol–water partition coefficient (Wildman–Crippen LogP) is 3.85. The first-order valence-corrected chi connectivity index (χ1v) is 7.04. The van der Waals surface area contributed by atoms with E-state index in [2.05, 4.69) is 15.2 Å². The van der Waals surface area contributed by atoms with Crippen molar-refractivity contribution < 1.29 is 14.6 Å². The number of fused-ring (bicyclic) bond motifs is 1. The van der Waals surface area contributed by atoms with Gasteiger partial charge >= 0.3 is 5.97 Å². The van der Waals surface area contributed by atoms with Crippen LogP contribution in [0.3, 0.4) is 0 Å². The zero-order valence-corrected chi connectivity index (χ0v) is 12.4. The molecule has 0 fully saturated rings. The number of rotatable bonds is 5. The molecule has 7 heteroatoms. The minimum atomic E-state index is -1.15. The average molecular weight is 310 g/mol. The summed E-state index contributed by atoms with van der Waals surface area (Å²) in [7, 11) is 0. The van der Waals surface area contributed by atoms with Gasteiger partial charge in [-0.3, -0.25) is 4.40 Å². The summed E-state index contributed by atoms with van der Waals surface area (Å²) in [5, 5.41) is 17.5. The van der Waals surface area contributed by atoms with Crippen LogP contribution in [0, 0.1) is 0 Å². The summed E-state index contributed by atoms with van der Waals surface area (Å²) in [4.78, 5) is 15.4. The topological polar surface area (TPSA) is 88.5 Å². The van der Waals surface area contributed by atoms with E-state index >= 15 is 0 Å².